The average Bonchev–Trinajstić information content (AvgIpc) is 1.90. The molecule has 0 saturated carbocycles. The van der Waals surface area contributed by atoms with E-state index in [1.165, 1.54) is 0 Å². The Kier molecular flexibility index (Phi) is 5.37. The molecule has 0 aliphatic heterocycles. The zero-order valence-corrected chi connectivity index (χ0v) is 7.72. The molecular formula is C5H12N2Si2. The molecule has 50 valence electrons. The molecule has 2 nitrogen and oxygen atoms in total. The van der Waals surface area contributed by atoms with Crippen LogP contribution in [0.4, 0.5) is 0 Å². The van der Waals surface area contributed by atoms with Gasteiger partial charge in [0.25, 0.3) is 0 Å². The lowest BCUT2D eigenvalue weighted by Crippen LogP contribution is -2.39. The van der Waals surface area contributed by atoms with Gasteiger partial charge in [0.1, 0.15) is 0 Å². The molecule has 0 spiro atoms. The van der Waals surface area contributed by atoms with Crippen molar-refractivity contribution >= 4 is 20.5 Å². The van der Waals surface area contributed by atoms with Gasteiger partial charge in [-0.25, -0.2) is 0 Å². The molecule has 0 rings (SSSR count). The van der Waals surface area contributed by atoms with Crippen LogP contribution in [0.3, 0.4) is 0 Å². The molecule has 0 aromatic rings. The molecule has 6 radical (unpaired) electrons. The van der Waals surface area contributed by atoms with Gasteiger partial charge in [-0.2, -0.15) is 0 Å². The highest BCUT2D eigenvalue weighted by molar-refractivity contribution is 6.11. The van der Waals surface area contributed by atoms with E-state index in [-0.39, 0.29) is 0 Å². The summed E-state index contributed by atoms with van der Waals surface area (Å²) in [5.41, 5.74) is 5.44. The van der Waals surface area contributed by atoms with E-state index in [2.05, 4.69) is 32.3 Å². The summed E-state index contributed by atoms with van der Waals surface area (Å²) in [6.07, 6.45) is 1.73. The van der Waals surface area contributed by atoms with Gasteiger partial charge in [0.2, 0.25) is 0 Å². The summed E-state index contributed by atoms with van der Waals surface area (Å²) in [6, 6.07) is 0.444. The van der Waals surface area contributed by atoms with Crippen LogP contribution in [0.15, 0.2) is 0 Å². The Balaban J connectivity index is 3.50. The first-order valence-electron chi connectivity index (χ1n) is 2.99. The van der Waals surface area contributed by atoms with Crippen LogP contribution < -0.4 is 5.73 Å². The highest BCUT2D eigenvalue weighted by Gasteiger charge is 2.05. The molecular weight excluding hydrogens is 144 g/mol. The molecule has 0 bridgehead atoms. The molecule has 0 fully saturated rings. The van der Waals surface area contributed by atoms with Gasteiger partial charge in [0, 0.05) is 33.1 Å². The van der Waals surface area contributed by atoms with E-state index in [0.717, 1.165) is 12.3 Å². The van der Waals surface area contributed by atoms with Crippen LogP contribution in [-0.2, 0) is 0 Å². The largest absolute Gasteiger partial charge is 0.329 e. The summed E-state index contributed by atoms with van der Waals surface area (Å²) < 4.78 is 0. The third-order valence-corrected chi connectivity index (χ3v) is 2.18. The summed E-state index contributed by atoms with van der Waals surface area (Å²) in [5.74, 6) is 0. The third kappa shape index (κ3) is 3.15. The van der Waals surface area contributed by atoms with Crippen molar-refractivity contribution in [2.75, 3.05) is 18.9 Å². The second kappa shape index (κ2) is 5.16. The molecule has 0 heterocycles. The predicted molar refractivity (Wildman–Crippen MR) is 41.6 cm³/mol. The Morgan fingerprint density at radius 1 is 1.44 bits per heavy atom. The highest BCUT2D eigenvalue weighted by atomic mass is 28.1. The molecule has 4 heteroatoms. The maximum Gasteiger partial charge on any atom is 0.0432 e. The van der Waals surface area contributed by atoms with Gasteiger partial charge >= 0.3 is 0 Å². The van der Waals surface area contributed by atoms with Crippen LogP contribution in [0, 0.1) is 0 Å². The number of hydrogen-bond donors (Lipinski definition) is 1. The van der Waals surface area contributed by atoms with Crippen LogP contribution in [0.1, 0.15) is 6.92 Å². The van der Waals surface area contributed by atoms with Crippen LogP contribution in [0.5, 0.6) is 0 Å². The quantitative estimate of drug-likeness (QED) is 0.523. The lowest BCUT2D eigenvalue weighted by molar-refractivity contribution is 0.289. The van der Waals surface area contributed by atoms with Crippen molar-refractivity contribution in [2.24, 2.45) is 5.73 Å². The first-order chi connectivity index (χ1) is 4.26. The summed E-state index contributed by atoms with van der Waals surface area (Å²) in [7, 11) is 6.80. The minimum Gasteiger partial charge on any atom is -0.329 e. The zero-order valence-electron chi connectivity index (χ0n) is 5.72. The summed E-state index contributed by atoms with van der Waals surface area (Å²) in [5, 5.41) is 0. The molecule has 2 N–H and O–H groups in total. The predicted octanol–water partition coefficient (Wildman–Crippen LogP) is -1.11. The first kappa shape index (κ1) is 9.35. The molecule has 1 atom stereocenters. The summed E-state index contributed by atoms with van der Waals surface area (Å²) >= 11 is 0. The molecule has 0 aliphatic carbocycles. The van der Waals surface area contributed by atoms with Crippen molar-refractivity contribution in [3.05, 3.63) is 0 Å². The second-order valence-corrected chi connectivity index (χ2v) is 2.62. The van der Waals surface area contributed by atoms with Crippen molar-refractivity contribution < 1.29 is 0 Å². The smallest absolute Gasteiger partial charge is 0.0432 e. The summed E-state index contributed by atoms with van der Waals surface area (Å²) in [4.78, 5) is 2.17. The fourth-order valence-electron chi connectivity index (χ4n) is 0.517. The SMILES string of the molecule is CC(CN)N(C[Si])C[Si]. The van der Waals surface area contributed by atoms with Gasteiger partial charge in [0.15, 0.2) is 0 Å². The van der Waals surface area contributed by atoms with Gasteiger partial charge in [-0.3, -0.25) is 0 Å². The van der Waals surface area contributed by atoms with Crippen LogP contribution in [0.25, 0.3) is 0 Å². The van der Waals surface area contributed by atoms with E-state index in [0.29, 0.717) is 12.6 Å². The van der Waals surface area contributed by atoms with E-state index in [1.54, 1.807) is 0 Å². The van der Waals surface area contributed by atoms with E-state index >= 15 is 0 Å². The maximum absolute atomic E-state index is 5.44. The maximum atomic E-state index is 5.44. The van der Waals surface area contributed by atoms with Gasteiger partial charge in [-0.1, -0.05) is 0 Å². The second-order valence-electron chi connectivity index (χ2n) is 1.99. The summed E-state index contributed by atoms with van der Waals surface area (Å²) in [6.45, 7) is 2.80. The van der Waals surface area contributed by atoms with Crippen molar-refractivity contribution in [3.8, 4) is 0 Å². The minimum atomic E-state index is 0.444. The lowest BCUT2D eigenvalue weighted by atomic mass is 10.3. The monoisotopic (exact) mass is 156 g/mol. The molecule has 0 aliphatic rings. The number of rotatable bonds is 4. The first-order valence-corrected chi connectivity index (χ1v) is 4.41. The van der Waals surface area contributed by atoms with Crippen LogP contribution >= 0.6 is 0 Å². The van der Waals surface area contributed by atoms with Crippen LogP contribution in [-0.4, -0.2) is 50.3 Å². The van der Waals surface area contributed by atoms with Gasteiger partial charge in [0.05, 0.1) is 0 Å². The molecule has 9 heavy (non-hydrogen) atoms. The lowest BCUT2D eigenvalue weighted by Gasteiger charge is -2.24. The van der Waals surface area contributed by atoms with Gasteiger partial charge in [-0.05, 0) is 19.3 Å². The topological polar surface area (TPSA) is 29.3 Å². The average molecular weight is 156 g/mol. The van der Waals surface area contributed by atoms with E-state index < -0.39 is 0 Å². The van der Waals surface area contributed by atoms with E-state index in [4.69, 9.17) is 5.73 Å². The Morgan fingerprint density at radius 3 is 2.00 bits per heavy atom. The van der Waals surface area contributed by atoms with E-state index in [1.807, 2.05) is 0 Å². The fraction of sp³-hybridized carbons (Fsp3) is 1.00. The number of nitrogens with two attached hydrogens (primary N) is 1. The Bertz CT molecular complexity index is 66.0. The van der Waals surface area contributed by atoms with Gasteiger partial charge < -0.3 is 10.6 Å². The minimum absolute atomic E-state index is 0.444. The van der Waals surface area contributed by atoms with Crippen molar-refractivity contribution in [2.45, 2.75) is 13.0 Å². The third-order valence-electron chi connectivity index (χ3n) is 1.37. The highest BCUT2D eigenvalue weighted by Crippen LogP contribution is 1.91. The number of nitrogens with zero attached hydrogens (tertiary/aromatic N) is 1. The number of hydrogen-bond acceptors (Lipinski definition) is 2. The van der Waals surface area contributed by atoms with Crippen LogP contribution in [0.2, 0.25) is 0 Å². The fourth-order valence-corrected chi connectivity index (χ4v) is 1.59. The molecule has 1 unspecified atom stereocenters. The van der Waals surface area contributed by atoms with Crippen molar-refractivity contribution in [1.82, 2.24) is 4.90 Å². The molecule has 0 saturated heterocycles. The van der Waals surface area contributed by atoms with Gasteiger partial charge in [-0.15, -0.1) is 0 Å². The van der Waals surface area contributed by atoms with Crippen molar-refractivity contribution in [1.29, 1.82) is 0 Å². The molecule has 0 aromatic carbocycles. The normalized spacial score (nSPS) is 14.3. The zero-order chi connectivity index (χ0) is 7.28. The molecule has 0 aromatic heterocycles. The Hall–Kier alpha value is 0.354. The molecule has 0 amide bonds. The van der Waals surface area contributed by atoms with Crippen molar-refractivity contribution in [3.63, 3.8) is 0 Å². The standard InChI is InChI=1S/C5H12N2Si2/c1-5(2-6)7(3-8)4-9/h5H,2-4,6H2,1H3. The Morgan fingerprint density at radius 2 is 1.89 bits per heavy atom. The van der Waals surface area contributed by atoms with E-state index in [9.17, 15) is 0 Å². The Labute approximate surface area is 63.6 Å².